The Morgan fingerprint density at radius 3 is 2.25 bits per heavy atom. The molecule has 0 radical (unpaired) electrons. The quantitative estimate of drug-likeness (QED) is 0.901. The van der Waals surface area contributed by atoms with E-state index in [0.717, 1.165) is 12.1 Å². The van der Waals surface area contributed by atoms with E-state index in [2.05, 4.69) is 5.32 Å². The second-order valence-electron chi connectivity index (χ2n) is 4.23. The van der Waals surface area contributed by atoms with Crippen molar-refractivity contribution in [2.45, 2.75) is 12.6 Å². The van der Waals surface area contributed by atoms with Gasteiger partial charge in [-0.1, -0.05) is 36.4 Å². The monoisotopic (exact) mass is 277 g/mol. The van der Waals surface area contributed by atoms with Crippen LogP contribution in [-0.4, -0.2) is 11.0 Å². The minimum absolute atomic E-state index is 0.235. The van der Waals surface area contributed by atoms with Crippen molar-refractivity contribution >= 4 is 5.91 Å². The number of nitrogens with one attached hydrogen (secondary N) is 1. The highest BCUT2D eigenvalue weighted by molar-refractivity contribution is 5.81. The van der Waals surface area contributed by atoms with E-state index in [9.17, 15) is 18.7 Å². The van der Waals surface area contributed by atoms with Crippen LogP contribution in [0.3, 0.4) is 0 Å². The van der Waals surface area contributed by atoms with Crippen LogP contribution in [0.15, 0.2) is 48.5 Å². The number of aliphatic hydroxyl groups excluding tert-OH is 1. The largest absolute Gasteiger partial charge is 0.378 e. The number of aliphatic hydroxyl groups is 1. The zero-order valence-electron chi connectivity index (χ0n) is 10.5. The van der Waals surface area contributed by atoms with E-state index in [0.29, 0.717) is 5.56 Å². The van der Waals surface area contributed by atoms with Gasteiger partial charge in [0.15, 0.2) is 6.10 Å². The van der Waals surface area contributed by atoms with E-state index >= 15 is 0 Å². The van der Waals surface area contributed by atoms with Gasteiger partial charge in [0.1, 0.15) is 11.6 Å². The molecule has 0 heterocycles. The molecule has 2 aromatic carbocycles. The number of carbonyl (C=O) groups excluding carboxylic acids is 1. The van der Waals surface area contributed by atoms with Gasteiger partial charge in [-0.3, -0.25) is 4.79 Å². The van der Waals surface area contributed by atoms with Crippen molar-refractivity contribution in [3.63, 3.8) is 0 Å². The lowest BCUT2D eigenvalue weighted by molar-refractivity contribution is -0.129. The first kappa shape index (κ1) is 14.1. The molecule has 5 heteroatoms. The molecule has 20 heavy (non-hydrogen) atoms. The van der Waals surface area contributed by atoms with Crippen LogP contribution >= 0.6 is 0 Å². The first-order chi connectivity index (χ1) is 9.59. The van der Waals surface area contributed by atoms with E-state index in [-0.39, 0.29) is 12.1 Å². The zero-order chi connectivity index (χ0) is 14.5. The fourth-order valence-corrected chi connectivity index (χ4v) is 1.76. The van der Waals surface area contributed by atoms with Gasteiger partial charge in [-0.25, -0.2) is 8.78 Å². The molecule has 1 amide bonds. The summed E-state index contributed by atoms with van der Waals surface area (Å²) in [6, 6.07) is 11.8. The van der Waals surface area contributed by atoms with Crippen molar-refractivity contribution < 1.29 is 18.7 Å². The molecule has 0 saturated heterocycles. The fourth-order valence-electron chi connectivity index (χ4n) is 1.76. The van der Waals surface area contributed by atoms with Crippen LogP contribution in [0.4, 0.5) is 8.78 Å². The maximum atomic E-state index is 13.4. The van der Waals surface area contributed by atoms with Crippen LogP contribution in [0.5, 0.6) is 0 Å². The highest BCUT2D eigenvalue weighted by atomic mass is 19.1. The lowest BCUT2D eigenvalue weighted by Crippen LogP contribution is -2.29. The topological polar surface area (TPSA) is 49.3 Å². The highest BCUT2D eigenvalue weighted by Gasteiger charge is 2.17. The summed E-state index contributed by atoms with van der Waals surface area (Å²) in [5.74, 6) is -2.18. The summed E-state index contributed by atoms with van der Waals surface area (Å²) in [6.45, 7) is -0.318. The van der Waals surface area contributed by atoms with Crippen molar-refractivity contribution in [2.75, 3.05) is 0 Å². The van der Waals surface area contributed by atoms with Gasteiger partial charge < -0.3 is 10.4 Å². The molecule has 104 valence electrons. The summed E-state index contributed by atoms with van der Waals surface area (Å²) in [6.07, 6.45) is -1.37. The van der Waals surface area contributed by atoms with E-state index in [4.69, 9.17) is 0 Å². The Balaban J connectivity index is 2.02. The van der Waals surface area contributed by atoms with Gasteiger partial charge in [0.25, 0.3) is 5.91 Å². The molecule has 0 fully saturated rings. The molecule has 0 aliphatic rings. The predicted molar refractivity (Wildman–Crippen MR) is 69.6 cm³/mol. The van der Waals surface area contributed by atoms with Gasteiger partial charge in [-0.05, 0) is 17.7 Å². The number of benzene rings is 2. The van der Waals surface area contributed by atoms with Gasteiger partial charge in [-0.15, -0.1) is 0 Å². The fraction of sp³-hybridized carbons (Fsp3) is 0.133. The molecule has 2 N–H and O–H groups in total. The van der Waals surface area contributed by atoms with Crippen molar-refractivity contribution in [1.82, 2.24) is 5.32 Å². The van der Waals surface area contributed by atoms with Gasteiger partial charge >= 0.3 is 0 Å². The van der Waals surface area contributed by atoms with Crippen LogP contribution in [0.1, 0.15) is 17.2 Å². The molecule has 0 aliphatic carbocycles. The second kappa shape index (κ2) is 6.25. The van der Waals surface area contributed by atoms with Gasteiger partial charge in [0.05, 0.1) is 0 Å². The van der Waals surface area contributed by atoms with E-state index in [1.54, 1.807) is 30.3 Å². The molecule has 1 atom stereocenters. The van der Waals surface area contributed by atoms with E-state index in [1.165, 1.54) is 6.07 Å². The molecular formula is C15H13F2NO2. The number of halogens is 2. The molecule has 0 spiro atoms. The number of rotatable bonds is 4. The average Bonchev–Trinajstić information content (AvgIpc) is 2.46. The Morgan fingerprint density at radius 1 is 1.05 bits per heavy atom. The lowest BCUT2D eigenvalue weighted by Gasteiger charge is -2.12. The predicted octanol–water partition coefficient (Wildman–Crippen LogP) is 2.31. The Kier molecular flexibility index (Phi) is 4.42. The molecule has 2 rings (SSSR count). The van der Waals surface area contributed by atoms with Gasteiger partial charge in [-0.2, -0.15) is 0 Å². The molecule has 0 saturated carbocycles. The molecule has 2 aromatic rings. The highest BCUT2D eigenvalue weighted by Crippen LogP contribution is 2.14. The zero-order valence-corrected chi connectivity index (χ0v) is 10.5. The Morgan fingerprint density at radius 2 is 1.65 bits per heavy atom. The summed E-state index contributed by atoms with van der Waals surface area (Å²) in [7, 11) is 0. The molecule has 0 unspecified atom stereocenters. The second-order valence-corrected chi connectivity index (χ2v) is 4.23. The average molecular weight is 277 g/mol. The van der Waals surface area contributed by atoms with E-state index < -0.39 is 23.6 Å². The summed E-state index contributed by atoms with van der Waals surface area (Å²) in [5.41, 5.74) is 0.181. The first-order valence-electron chi connectivity index (χ1n) is 6.03. The number of hydrogen-bond acceptors (Lipinski definition) is 2. The molecular weight excluding hydrogens is 264 g/mol. The van der Waals surface area contributed by atoms with Crippen LogP contribution in [0.25, 0.3) is 0 Å². The lowest BCUT2D eigenvalue weighted by atomic mass is 10.1. The Bertz CT molecular complexity index is 582. The van der Waals surface area contributed by atoms with Gasteiger partial charge in [0.2, 0.25) is 0 Å². The van der Waals surface area contributed by atoms with Crippen molar-refractivity contribution in [3.05, 3.63) is 71.3 Å². The van der Waals surface area contributed by atoms with Gasteiger partial charge in [0, 0.05) is 12.1 Å². The maximum Gasteiger partial charge on any atom is 0.253 e. The Labute approximate surface area is 114 Å². The smallest absolute Gasteiger partial charge is 0.253 e. The van der Waals surface area contributed by atoms with E-state index in [1.807, 2.05) is 0 Å². The summed E-state index contributed by atoms with van der Waals surface area (Å²) in [5, 5.41) is 12.1. The van der Waals surface area contributed by atoms with Crippen molar-refractivity contribution in [3.8, 4) is 0 Å². The SMILES string of the molecule is O=C(NCc1c(F)cccc1F)[C@@H](O)c1ccccc1. The molecule has 0 aromatic heterocycles. The first-order valence-corrected chi connectivity index (χ1v) is 6.03. The number of carbonyl (C=O) groups is 1. The number of hydrogen-bond donors (Lipinski definition) is 2. The van der Waals surface area contributed by atoms with Crippen molar-refractivity contribution in [1.29, 1.82) is 0 Å². The summed E-state index contributed by atoms with van der Waals surface area (Å²) < 4.78 is 26.7. The summed E-state index contributed by atoms with van der Waals surface area (Å²) in [4.78, 5) is 11.7. The number of amides is 1. The third-order valence-electron chi connectivity index (χ3n) is 2.86. The third kappa shape index (κ3) is 3.19. The molecule has 0 bridgehead atoms. The van der Waals surface area contributed by atoms with Crippen LogP contribution in [0.2, 0.25) is 0 Å². The minimum atomic E-state index is -1.37. The third-order valence-corrected chi connectivity index (χ3v) is 2.86. The van der Waals surface area contributed by atoms with Crippen LogP contribution in [-0.2, 0) is 11.3 Å². The standard InChI is InChI=1S/C15H13F2NO2/c16-12-7-4-8-13(17)11(12)9-18-15(20)14(19)10-5-2-1-3-6-10/h1-8,14,19H,9H2,(H,18,20)/t14-/m0/s1. The van der Waals surface area contributed by atoms with Crippen LogP contribution < -0.4 is 5.32 Å². The molecule has 3 nitrogen and oxygen atoms in total. The van der Waals surface area contributed by atoms with Crippen molar-refractivity contribution in [2.24, 2.45) is 0 Å². The normalized spacial score (nSPS) is 11.9. The summed E-state index contributed by atoms with van der Waals surface area (Å²) >= 11 is 0. The Hall–Kier alpha value is -2.27. The van der Waals surface area contributed by atoms with Crippen LogP contribution in [0, 0.1) is 11.6 Å². The molecule has 0 aliphatic heterocycles. The maximum absolute atomic E-state index is 13.4. The minimum Gasteiger partial charge on any atom is -0.378 e.